The van der Waals surface area contributed by atoms with Gasteiger partial charge in [0.2, 0.25) is 10.0 Å². The van der Waals surface area contributed by atoms with E-state index >= 15 is 0 Å². The van der Waals surface area contributed by atoms with Crippen LogP contribution in [0.15, 0.2) is 40.6 Å². The van der Waals surface area contributed by atoms with Crippen molar-refractivity contribution in [3.63, 3.8) is 0 Å². The topological polar surface area (TPSA) is 92.8 Å². The number of hydrogen-bond donors (Lipinski definition) is 1. The molecule has 9 heteroatoms. The second kappa shape index (κ2) is 7.56. The first-order valence-electron chi connectivity index (χ1n) is 8.01. The molecule has 1 aromatic carbocycles. The van der Waals surface area contributed by atoms with Crippen molar-refractivity contribution in [2.24, 2.45) is 0 Å². The lowest BCUT2D eigenvalue weighted by atomic mass is 10.2. The van der Waals surface area contributed by atoms with Gasteiger partial charge in [0, 0.05) is 18.7 Å². The van der Waals surface area contributed by atoms with Crippen molar-refractivity contribution in [3.8, 4) is 0 Å². The van der Waals surface area contributed by atoms with Gasteiger partial charge in [-0.25, -0.2) is 13.2 Å². The number of carbonyl (C=O) groups excluding carboxylic acids is 2. The Morgan fingerprint density at radius 3 is 2.62 bits per heavy atom. The van der Waals surface area contributed by atoms with E-state index in [4.69, 9.17) is 0 Å². The summed E-state index contributed by atoms with van der Waals surface area (Å²) in [5.41, 5.74) is 0.534. The van der Waals surface area contributed by atoms with Crippen LogP contribution in [0.1, 0.15) is 32.9 Å². The van der Waals surface area contributed by atoms with Gasteiger partial charge in [0.15, 0.2) is 0 Å². The molecule has 26 heavy (non-hydrogen) atoms. The fourth-order valence-corrected chi connectivity index (χ4v) is 5.06. The highest BCUT2D eigenvalue weighted by atomic mass is 32.2. The number of benzene rings is 1. The van der Waals surface area contributed by atoms with Crippen molar-refractivity contribution in [2.45, 2.75) is 17.7 Å². The molecule has 0 bridgehead atoms. The summed E-state index contributed by atoms with van der Waals surface area (Å²) in [7, 11) is -2.34. The average Bonchev–Trinajstić information content (AvgIpc) is 3.33. The molecule has 1 aliphatic heterocycles. The van der Waals surface area contributed by atoms with Crippen LogP contribution in [0.4, 0.5) is 5.69 Å². The summed E-state index contributed by atoms with van der Waals surface area (Å²) in [4.78, 5) is 24.6. The Hall–Kier alpha value is -2.23. The molecule has 0 atom stereocenters. The smallest absolute Gasteiger partial charge is 0.350 e. The molecule has 1 saturated heterocycles. The molecule has 2 aromatic rings. The number of esters is 1. The Bertz CT molecular complexity index is 930. The third kappa shape index (κ3) is 3.64. The zero-order valence-corrected chi connectivity index (χ0v) is 15.7. The highest BCUT2D eigenvalue weighted by molar-refractivity contribution is 7.89. The van der Waals surface area contributed by atoms with Crippen molar-refractivity contribution in [3.05, 3.63) is 46.2 Å². The standard InChI is InChI=1S/C17H18N2O5S2/c1-24-17(21)15-14(7-10-25-15)18-16(20)12-5-4-6-13(11-12)26(22,23)19-8-2-3-9-19/h4-7,10-11H,2-3,8-9H2,1H3,(H,18,20). The number of nitrogens with zero attached hydrogens (tertiary/aromatic N) is 1. The van der Waals surface area contributed by atoms with Crippen molar-refractivity contribution in [1.82, 2.24) is 4.31 Å². The third-order valence-corrected chi connectivity index (χ3v) is 6.87. The minimum Gasteiger partial charge on any atom is -0.465 e. The van der Waals surface area contributed by atoms with E-state index < -0.39 is 21.9 Å². The zero-order chi connectivity index (χ0) is 18.7. The normalized spacial score (nSPS) is 15.0. The summed E-state index contributed by atoms with van der Waals surface area (Å²) in [6.45, 7) is 0.992. The summed E-state index contributed by atoms with van der Waals surface area (Å²) in [5, 5.41) is 4.30. The molecule has 1 aromatic heterocycles. The Balaban J connectivity index is 1.83. The molecular formula is C17H18N2O5S2. The van der Waals surface area contributed by atoms with E-state index in [1.165, 1.54) is 35.7 Å². The summed E-state index contributed by atoms with van der Waals surface area (Å²) in [6.07, 6.45) is 1.68. The fourth-order valence-electron chi connectivity index (χ4n) is 2.73. The van der Waals surface area contributed by atoms with Crippen LogP contribution in [-0.4, -0.2) is 44.8 Å². The number of amides is 1. The van der Waals surface area contributed by atoms with Gasteiger partial charge in [-0.2, -0.15) is 4.31 Å². The van der Waals surface area contributed by atoms with Gasteiger partial charge in [0.05, 0.1) is 17.7 Å². The first-order chi connectivity index (χ1) is 12.4. The average molecular weight is 394 g/mol. The molecule has 0 radical (unpaired) electrons. The van der Waals surface area contributed by atoms with Crippen LogP contribution in [0.5, 0.6) is 0 Å². The molecule has 1 amide bonds. The Morgan fingerprint density at radius 2 is 1.92 bits per heavy atom. The van der Waals surface area contributed by atoms with Gasteiger partial charge >= 0.3 is 5.97 Å². The van der Waals surface area contributed by atoms with E-state index in [-0.39, 0.29) is 15.3 Å². The molecule has 138 valence electrons. The minimum absolute atomic E-state index is 0.0885. The summed E-state index contributed by atoms with van der Waals surface area (Å²) >= 11 is 1.15. The summed E-state index contributed by atoms with van der Waals surface area (Å²) in [5.74, 6) is -1.03. The second-order valence-electron chi connectivity index (χ2n) is 5.75. The SMILES string of the molecule is COC(=O)c1sccc1NC(=O)c1cccc(S(=O)(=O)N2CCCC2)c1. The number of nitrogens with one attached hydrogen (secondary N) is 1. The third-order valence-electron chi connectivity index (χ3n) is 4.08. The van der Waals surface area contributed by atoms with Gasteiger partial charge in [-0.3, -0.25) is 4.79 Å². The van der Waals surface area contributed by atoms with Crippen molar-refractivity contribution >= 4 is 38.9 Å². The van der Waals surface area contributed by atoms with E-state index in [1.54, 1.807) is 11.4 Å². The number of sulfonamides is 1. The molecule has 0 aliphatic carbocycles. The van der Waals surface area contributed by atoms with Crippen molar-refractivity contribution in [2.75, 3.05) is 25.5 Å². The number of anilines is 1. The van der Waals surface area contributed by atoms with E-state index in [0.29, 0.717) is 18.8 Å². The maximum atomic E-state index is 12.6. The second-order valence-corrected chi connectivity index (χ2v) is 8.60. The molecule has 0 saturated carbocycles. The van der Waals surface area contributed by atoms with Crippen LogP contribution in [0, 0.1) is 0 Å². The number of carbonyl (C=O) groups is 2. The maximum Gasteiger partial charge on any atom is 0.350 e. The molecule has 7 nitrogen and oxygen atoms in total. The highest BCUT2D eigenvalue weighted by Gasteiger charge is 2.27. The summed E-state index contributed by atoms with van der Waals surface area (Å²) < 4.78 is 31.4. The highest BCUT2D eigenvalue weighted by Crippen LogP contribution is 2.25. The Labute approximate surface area is 155 Å². The lowest BCUT2D eigenvalue weighted by Gasteiger charge is -2.16. The number of hydrogen-bond acceptors (Lipinski definition) is 6. The van der Waals surface area contributed by atoms with Gasteiger partial charge in [0.25, 0.3) is 5.91 Å². The minimum atomic E-state index is -3.60. The van der Waals surface area contributed by atoms with Gasteiger partial charge in [0.1, 0.15) is 4.88 Å². The lowest BCUT2D eigenvalue weighted by Crippen LogP contribution is -2.28. The number of rotatable bonds is 5. The van der Waals surface area contributed by atoms with Gasteiger partial charge < -0.3 is 10.1 Å². The van der Waals surface area contributed by atoms with Crippen LogP contribution in [0.3, 0.4) is 0 Å². The molecule has 3 rings (SSSR count). The number of thiophene rings is 1. The number of ether oxygens (including phenoxy) is 1. The van der Waals surface area contributed by atoms with E-state index in [1.807, 2.05) is 0 Å². The zero-order valence-electron chi connectivity index (χ0n) is 14.1. The van der Waals surface area contributed by atoms with Crippen molar-refractivity contribution in [1.29, 1.82) is 0 Å². The Morgan fingerprint density at radius 1 is 1.19 bits per heavy atom. The fraction of sp³-hybridized carbons (Fsp3) is 0.294. The molecule has 1 N–H and O–H groups in total. The largest absolute Gasteiger partial charge is 0.465 e. The van der Waals surface area contributed by atoms with E-state index in [9.17, 15) is 18.0 Å². The molecule has 1 aliphatic rings. The van der Waals surface area contributed by atoms with Crippen LogP contribution >= 0.6 is 11.3 Å². The van der Waals surface area contributed by atoms with Crippen LogP contribution in [-0.2, 0) is 14.8 Å². The maximum absolute atomic E-state index is 12.6. The van der Waals surface area contributed by atoms with Crippen LogP contribution in [0.2, 0.25) is 0 Å². The van der Waals surface area contributed by atoms with Gasteiger partial charge in [-0.15, -0.1) is 11.3 Å². The molecular weight excluding hydrogens is 376 g/mol. The predicted molar refractivity (Wildman–Crippen MR) is 98.0 cm³/mol. The van der Waals surface area contributed by atoms with Crippen LogP contribution in [0.25, 0.3) is 0 Å². The lowest BCUT2D eigenvalue weighted by molar-refractivity contribution is 0.0607. The first kappa shape index (κ1) is 18.6. The van der Waals surface area contributed by atoms with Gasteiger partial charge in [-0.1, -0.05) is 6.07 Å². The Kier molecular flexibility index (Phi) is 5.40. The van der Waals surface area contributed by atoms with Gasteiger partial charge in [-0.05, 0) is 42.5 Å². The van der Waals surface area contributed by atoms with Crippen molar-refractivity contribution < 1.29 is 22.7 Å². The molecule has 0 spiro atoms. The quantitative estimate of drug-likeness (QED) is 0.787. The monoisotopic (exact) mass is 394 g/mol. The number of methoxy groups -OCH3 is 1. The molecule has 0 unspecified atom stereocenters. The predicted octanol–water partition coefficient (Wildman–Crippen LogP) is 2.57. The molecule has 1 fully saturated rings. The van der Waals surface area contributed by atoms with Crippen LogP contribution < -0.4 is 5.32 Å². The van der Waals surface area contributed by atoms with E-state index in [2.05, 4.69) is 10.1 Å². The first-order valence-corrected chi connectivity index (χ1v) is 10.3. The summed E-state index contributed by atoms with van der Waals surface area (Å²) in [6, 6.07) is 7.50. The van der Waals surface area contributed by atoms with E-state index in [0.717, 1.165) is 24.2 Å². The molecule has 2 heterocycles.